The molecule has 9 nitrogen and oxygen atoms in total. The molecule has 256 valence electrons. The summed E-state index contributed by atoms with van der Waals surface area (Å²) in [5, 5.41) is 10.4. The minimum Gasteiger partial charge on any atom is -0.392 e. The minimum absolute atomic E-state index is 0.00775. The van der Waals surface area contributed by atoms with Crippen molar-refractivity contribution in [2.45, 2.75) is 99.2 Å². The molecule has 3 N–H and O–H groups in total. The Morgan fingerprint density at radius 3 is 2.54 bits per heavy atom. The second-order valence-corrected chi connectivity index (χ2v) is 14.9. The van der Waals surface area contributed by atoms with Gasteiger partial charge < -0.3 is 34.5 Å². The fourth-order valence-electron chi connectivity index (χ4n) is 6.92. The van der Waals surface area contributed by atoms with Crippen LogP contribution in [0.4, 0.5) is 0 Å². The van der Waals surface area contributed by atoms with Crippen LogP contribution in [0.15, 0.2) is 84.3 Å². The van der Waals surface area contributed by atoms with E-state index in [1.165, 1.54) is 0 Å². The van der Waals surface area contributed by atoms with Crippen LogP contribution in [-0.4, -0.2) is 95.0 Å². The summed E-state index contributed by atoms with van der Waals surface area (Å²) in [5.41, 5.74) is 7.78. The third-order valence-electron chi connectivity index (χ3n) is 9.45. The van der Waals surface area contributed by atoms with Crippen molar-refractivity contribution in [2.75, 3.05) is 32.6 Å². The van der Waals surface area contributed by atoms with Crippen molar-refractivity contribution >= 4 is 9.84 Å². The zero-order valence-corrected chi connectivity index (χ0v) is 28.2. The smallest absolute Gasteiger partial charge is 0.178 e. The number of ether oxygens (including phenoxy) is 5. The standard InChI is InChI=1S/C36H53NO8S/c1-6-16-42-17-10-11-28-19-25(3)32(43-28)15-14-29-18-24(2)26(4)33(44-29)21-34-31(23-46(39,40)30-12-8-7-9-13-30)36(41-5)35(45-34)20-27(38)22-37/h6-13,24,27-29,31-36,38H,1,3-4,14-23,37H2,2,5H3/b11-10+/t24-,27+,28+,29+,31+,32?,33?,34+,35-,36-/m1/s1. The summed E-state index contributed by atoms with van der Waals surface area (Å²) in [6.45, 7) is 15.6. The largest absolute Gasteiger partial charge is 0.392 e. The zero-order chi connectivity index (χ0) is 33.3. The molecule has 1 aromatic carbocycles. The van der Waals surface area contributed by atoms with Gasteiger partial charge >= 0.3 is 0 Å². The van der Waals surface area contributed by atoms with Gasteiger partial charge in [-0.1, -0.05) is 56.5 Å². The first-order chi connectivity index (χ1) is 22.1. The van der Waals surface area contributed by atoms with Gasteiger partial charge in [-0.3, -0.25) is 0 Å². The van der Waals surface area contributed by atoms with Crippen molar-refractivity contribution < 1.29 is 37.2 Å². The third-order valence-corrected chi connectivity index (χ3v) is 11.3. The van der Waals surface area contributed by atoms with Crippen molar-refractivity contribution in [3.8, 4) is 0 Å². The van der Waals surface area contributed by atoms with Crippen LogP contribution in [0.3, 0.4) is 0 Å². The highest BCUT2D eigenvalue weighted by Crippen LogP contribution is 2.41. The highest BCUT2D eigenvalue weighted by molar-refractivity contribution is 7.91. The first kappa shape index (κ1) is 36.7. The monoisotopic (exact) mass is 659 g/mol. The summed E-state index contributed by atoms with van der Waals surface area (Å²) < 4.78 is 57.8. The number of sulfone groups is 1. The van der Waals surface area contributed by atoms with E-state index in [0.29, 0.717) is 19.6 Å². The number of nitrogens with two attached hydrogens (primary N) is 1. The maximum Gasteiger partial charge on any atom is 0.178 e. The number of aliphatic hydroxyl groups is 1. The summed E-state index contributed by atoms with van der Waals surface area (Å²) in [4.78, 5) is 0.260. The van der Waals surface area contributed by atoms with Gasteiger partial charge in [-0.05, 0) is 48.5 Å². The molecule has 3 saturated heterocycles. The van der Waals surface area contributed by atoms with Gasteiger partial charge in [0.05, 0.1) is 72.7 Å². The van der Waals surface area contributed by atoms with Gasteiger partial charge in [0.2, 0.25) is 0 Å². The number of methoxy groups -OCH3 is 1. The van der Waals surface area contributed by atoms with Crippen molar-refractivity contribution in [1.29, 1.82) is 0 Å². The summed E-state index contributed by atoms with van der Waals surface area (Å²) in [6.07, 6.45) is 7.02. The molecule has 2 unspecified atom stereocenters. The molecule has 0 aromatic heterocycles. The van der Waals surface area contributed by atoms with Crippen LogP contribution < -0.4 is 5.73 Å². The van der Waals surface area contributed by atoms with E-state index in [2.05, 4.69) is 26.7 Å². The molecule has 0 spiro atoms. The molecule has 0 aliphatic carbocycles. The number of hydrogen-bond acceptors (Lipinski definition) is 9. The van der Waals surface area contributed by atoms with Crippen LogP contribution in [0.5, 0.6) is 0 Å². The molecule has 4 rings (SSSR count). The van der Waals surface area contributed by atoms with Gasteiger partial charge in [0.25, 0.3) is 0 Å². The van der Waals surface area contributed by atoms with E-state index in [4.69, 9.17) is 29.4 Å². The Hall–Kier alpha value is -2.15. The Morgan fingerprint density at radius 2 is 1.85 bits per heavy atom. The van der Waals surface area contributed by atoms with Crippen LogP contribution in [0, 0.1) is 11.8 Å². The second kappa shape index (κ2) is 17.3. The Morgan fingerprint density at radius 1 is 1.09 bits per heavy atom. The minimum atomic E-state index is -3.64. The van der Waals surface area contributed by atoms with Crippen LogP contribution in [-0.2, 0) is 33.5 Å². The summed E-state index contributed by atoms with van der Waals surface area (Å²) >= 11 is 0. The maximum atomic E-state index is 13.5. The van der Waals surface area contributed by atoms with Crippen molar-refractivity contribution in [1.82, 2.24) is 0 Å². The Balaban J connectivity index is 1.42. The van der Waals surface area contributed by atoms with E-state index in [9.17, 15) is 13.5 Å². The lowest BCUT2D eigenvalue weighted by Gasteiger charge is -2.38. The molecule has 3 fully saturated rings. The van der Waals surface area contributed by atoms with Gasteiger partial charge in [0, 0.05) is 38.8 Å². The van der Waals surface area contributed by atoms with Gasteiger partial charge in [-0.2, -0.15) is 0 Å². The lowest BCUT2D eigenvalue weighted by atomic mass is 9.83. The van der Waals surface area contributed by atoms with Crippen molar-refractivity contribution in [2.24, 2.45) is 17.6 Å². The molecule has 0 saturated carbocycles. The molecule has 3 aliphatic rings. The van der Waals surface area contributed by atoms with E-state index in [0.717, 1.165) is 36.8 Å². The Bertz CT molecular complexity index is 1280. The van der Waals surface area contributed by atoms with Crippen LogP contribution in [0.1, 0.15) is 45.4 Å². The van der Waals surface area contributed by atoms with E-state index in [-0.39, 0.29) is 53.9 Å². The first-order valence-corrected chi connectivity index (χ1v) is 18.1. The van der Waals surface area contributed by atoms with E-state index >= 15 is 0 Å². The number of rotatable bonds is 17. The maximum absolute atomic E-state index is 13.5. The number of hydrogen-bond donors (Lipinski definition) is 2. The highest BCUT2D eigenvalue weighted by Gasteiger charge is 2.48. The molecular formula is C36H53NO8S. The average Bonchev–Trinajstić information content (AvgIpc) is 3.55. The predicted molar refractivity (Wildman–Crippen MR) is 179 cm³/mol. The van der Waals surface area contributed by atoms with E-state index in [1.807, 2.05) is 12.2 Å². The molecule has 3 heterocycles. The van der Waals surface area contributed by atoms with Gasteiger partial charge in [-0.15, -0.1) is 6.58 Å². The SMILES string of the molecule is C=CCOC/C=C/[C@H]1CC(=C)C(CC[C@H]2C[C@@H](C)C(=C)C(C[C@@H]3O[C@H](C[C@H](O)CN)[C@H](OC)[C@H]3CS(=O)(=O)c3ccccc3)O2)O1. The molecule has 46 heavy (non-hydrogen) atoms. The predicted octanol–water partition coefficient (Wildman–Crippen LogP) is 4.56. The molecule has 3 aliphatic heterocycles. The summed E-state index contributed by atoms with van der Waals surface area (Å²) in [5.74, 6) is -0.395. The van der Waals surface area contributed by atoms with Gasteiger partial charge in [0.1, 0.15) is 0 Å². The molecule has 0 bridgehead atoms. The quantitative estimate of drug-likeness (QED) is 0.183. The third kappa shape index (κ3) is 9.70. The fraction of sp³-hybridized carbons (Fsp3) is 0.611. The van der Waals surface area contributed by atoms with Gasteiger partial charge in [0.15, 0.2) is 9.84 Å². The Labute approximate surface area is 275 Å². The van der Waals surface area contributed by atoms with E-state index < -0.39 is 40.2 Å². The number of aliphatic hydroxyl groups excluding tert-OH is 1. The zero-order valence-electron chi connectivity index (χ0n) is 27.4. The lowest BCUT2D eigenvalue weighted by molar-refractivity contribution is -0.0766. The molecule has 0 amide bonds. The fourth-order valence-corrected chi connectivity index (χ4v) is 8.59. The summed E-state index contributed by atoms with van der Waals surface area (Å²) in [7, 11) is -2.08. The number of benzene rings is 1. The highest BCUT2D eigenvalue weighted by atomic mass is 32.2. The van der Waals surface area contributed by atoms with Crippen LogP contribution in [0.25, 0.3) is 0 Å². The first-order valence-electron chi connectivity index (χ1n) is 16.4. The van der Waals surface area contributed by atoms with E-state index in [1.54, 1.807) is 43.5 Å². The summed E-state index contributed by atoms with van der Waals surface area (Å²) in [6, 6.07) is 8.44. The van der Waals surface area contributed by atoms with Crippen LogP contribution >= 0.6 is 0 Å². The van der Waals surface area contributed by atoms with Crippen molar-refractivity contribution in [3.63, 3.8) is 0 Å². The van der Waals surface area contributed by atoms with Gasteiger partial charge in [-0.25, -0.2) is 8.42 Å². The van der Waals surface area contributed by atoms with Crippen molar-refractivity contribution in [3.05, 3.63) is 79.4 Å². The molecule has 0 radical (unpaired) electrons. The lowest BCUT2D eigenvalue weighted by Crippen LogP contribution is -2.40. The molecule has 10 atom stereocenters. The Kier molecular flexibility index (Phi) is 13.8. The second-order valence-electron chi connectivity index (χ2n) is 12.8. The molecule has 1 aromatic rings. The topological polar surface area (TPSA) is 127 Å². The normalized spacial score (nSPS) is 32.7. The van der Waals surface area contributed by atoms with Crippen LogP contribution in [0.2, 0.25) is 0 Å². The average molecular weight is 660 g/mol. The molecular weight excluding hydrogens is 606 g/mol. The molecule has 10 heteroatoms.